The van der Waals surface area contributed by atoms with Crippen molar-refractivity contribution in [3.05, 3.63) is 33.8 Å². The molecule has 0 unspecified atom stereocenters. The molecule has 0 amide bonds. The Kier molecular flexibility index (Phi) is 6.16. The topological polar surface area (TPSA) is 57.5 Å². The van der Waals surface area contributed by atoms with Crippen LogP contribution in [0.2, 0.25) is 0 Å². The Morgan fingerprint density at radius 2 is 2.00 bits per heavy atom. The van der Waals surface area contributed by atoms with E-state index in [2.05, 4.69) is 15.9 Å². The molecule has 0 fully saturated rings. The molecule has 1 aromatic carbocycles. The predicted molar refractivity (Wildman–Crippen MR) is 58.4 cm³/mol. The van der Waals surface area contributed by atoms with E-state index < -0.39 is 5.97 Å². The average Bonchev–Trinajstić information content (AvgIpc) is 2.20. The quantitative estimate of drug-likeness (QED) is 0.860. The Morgan fingerprint density at radius 1 is 1.43 bits per heavy atom. The molecule has 0 bridgehead atoms. The fraction of sp³-hybridized carbons (Fsp3) is 0.300. The summed E-state index contributed by atoms with van der Waals surface area (Å²) in [5.74, 6) is -1.02. The van der Waals surface area contributed by atoms with Crippen molar-refractivity contribution in [1.29, 1.82) is 0 Å². The van der Waals surface area contributed by atoms with Crippen LogP contribution in [0.15, 0.2) is 22.7 Å². The molecule has 0 aliphatic rings. The zero-order valence-electron chi connectivity index (χ0n) is 8.12. The molecule has 0 aliphatic heterocycles. The summed E-state index contributed by atoms with van der Waals surface area (Å²) in [6.07, 6.45) is 0. The first-order valence-electron chi connectivity index (χ1n) is 4.27. The molecule has 0 saturated carbocycles. The van der Waals surface area contributed by atoms with Crippen molar-refractivity contribution in [3.8, 4) is 0 Å². The lowest BCUT2D eigenvalue weighted by Gasteiger charge is -2.02. The van der Waals surface area contributed by atoms with E-state index in [-0.39, 0.29) is 12.2 Å². The number of aromatic carboxylic acids is 1. The molecule has 1 aromatic rings. The van der Waals surface area contributed by atoms with Gasteiger partial charge in [-0.1, -0.05) is 29.8 Å². The fourth-order valence-corrected chi connectivity index (χ4v) is 1.31. The average molecular weight is 261 g/mol. The molecule has 0 aliphatic carbocycles. The molecule has 0 saturated heterocycles. The number of carbonyl (C=O) groups is 1. The molecule has 3 nitrogen and oxygen atoms in total. The Labute approximate surface area is 91.5 Å². The summed E-state index contributed by atoms with van der Waals surface area (Å²) in [5, 5.41) is 17.5. The number of aliphatic hydroxyl groups is 1. The molecule has 14 heavy (non-hydrogen) atoms. The summed E-state index contributed by atoms with van der Waals surface area (Å²) in [6.45, 7) is 3.74. The van der Waals surface area contributed by atoms with Crippen LogP contribution in [0.3, 0.4) is 0 Å². The normalized spacial score (nSPS) is 8.86. The van der Waals surface area contributed by atoms with E-state index in [1.54, 1.807) is 12.1 Å². The number of carboxylic acid groups (broad SMARTS) is 1. The third kappa shape index (κ3) is 3.47. The van der Waals surface area contributed by atoms with Gasteiger partial charge >= 0.3 is 5.97 Å². The van der Waals surface area contributed by atoms with Gasteiger partial charge in [-0.25, -0.2) is 4.79 Å². The second kappa shape index (κ2) is 6.56. The van der Waals surface area contributed by atoms with Crippen LogP contribution in [-0.4, -0.2) is 16.2 Å². The summed E-state index contributed by atoms with van der Waals surface area (Å²) in [5.41, 5.74) is 0.553. The maximum Gasteiger partial charge on any atom is 0.336 e. The smallest absolute Gasteiger partial charge is 0.336 e. The van der Waals surface area contributed by atoms with Gasteiger partial charge in [0.1, 0.15) is 0 Å². The molecular weight excluding hydrogens is 248 g/mol. The first-order chi connectivity index (χ1) is 6.65. The Bertz CT molecular complexity index is 310. The van der Waals surface area contributed by atoms with Gasteiger partial charge in [0, 0.05) is 4.47 Å². The lowest BCUT2D eigenvalue weighted by Crippen LogP contribution is -2.01. The lowest BCUT2D eigenvalue weighted by molar-refractivity contribution is 0.0693. The van der Waals surface area contributed by atoms with Gasteiger partial charge in [0.05, 0.1) is 12.2 Å². The highest BCUT2D eigenvalue weighted by molar-refractivity contribution is 9.10. The van der Waals surface area contributed by atoms with Crippen LogP contribution in [0.1, 0.15) is 29.8 Å². The standard InChI is InChI=1S/C8H7BrO3.C2H6/c9-6-1-2-7(8(11)12)5(3-6)4-10;1-2/h1-3,10H,4H2,(H,11,12);1-2H3. The minimum Gasteiger partial charge on any atom is -0.478 e. The first kappa shape index (κ1) is 13.1. The second-order valence-electron chi connectivity index (χ2n) is 2.26. The van der Waals surface area contributed by atoms with Crippen LogP contribution >= 0.6 is 15.9 Å². The summed E-state index contributed by atoms with van der Waals surface area (Å²) >= 11 is 3.18. The summed E-state index contributed by atoms with van der Waals surface area (Å²) in [4.78, 5) is 10.6. The van der Waals surface area contributed by atoms with E-state index in [0.717, 1.165) is 4.47 Å². The van der Waals surface area contributed by atoms with Gasteiger partial charge in [0.25, 0.3) is 0 Å². The highest BCUT2D eigenvalue weighted by Gasteiger charge is 2.08. The van der Waals surface area contributed by atoms with E-state index >= 15 is 0 Å². The molecule has 78 valence electrons. The monoisotopic (exact) mass is 260 g/mol. The molecule has 0 heterocycles. The maximum atomic E-state index is 10.6. The van der Waals surface area contributed by atoms with E-state index in [1.807, 2.05) is 13.8 Å². The van der Waals surface area contributed by atoms with Gasteiger partial charge in [-0.15, -0.1) is 0 Å². The summed E-state index contributed by atoms with van der Waals surface area (Å²) in [7, 11) is 0. The van der Waals surface area contributed by atoms with Crippen molar-refractivity contribution in [1.82, 2.24) is 0 Å². The Hall–Kier alpha value is -0.870. The van der Waals surface area contributed by atoms with Crippen molar-refractivity contribution in [3.63, 3.8) is 0 Å². The van der Waals surface area contributed by atoms with Crippen LogP contribution in [-0.2, 0) is 6.61 Å². The van der Waals surface area contributed by atoms with Gasteiger partial charge in [0.2, 0.25) is 0 Å². The fourth-order valence-electron chi connectivity index (χ4n) is 0.902. The summed E-state index contributed by atoms with van der Waals surface area (Å²) < 4.78 is 0.761. The van der Waals surface area contributed by atoms with E-state index in [9.17, 15) is 4.79 Å². The number of carboxylic acids is 1. The number of halogens is 1. The highest BCUT2D eigenvalue weighted by Crippen LogP contribution is 2.16. The maximum absolute atomic E-state index is 10.6. The van der Waals surface area contributed by atoms with Crippen molar-refractivity contribution in [2.45, 2.75) is 20.5 Å². The number of rotatable bonds is 2. The van der Waals surface area contributed by atoms with E-state index in [0.29, 0.717) is 5.56 Å². The molecule has 0 radical (unpaired) electrons. The van der Waals surface area contributed by atoms with Gasteiger partial charge in [0.15, 0.2) is 0 Å². The third-order valence-electron chi connectivity index (χ3n) is 1.47. The molecule has 1 rings (SSSR count). The molecule has 2 N–H and O–H groups in total. The lowest BCUT2D eigenvalue weighted by atomic mass is 10.1. The number of hydrogen-bond donors (Lipinski definition) is 2. The number of hydrogen-bond acceptors (Lipinski definition) is 2. The zero-order chi connectivity index (χ0) is 11.1. The summed E-state index contributed by atoms with van der Waals surface area (Å²) in [6, 6.07) is 4.67. The van der Waals surface area contributed by atoms with Crippen molar-refractivity contribution in [2.75, 3.05) is 0 Å². The van der Waals surface area contributed by atoms with Crippen LogP contribution < -0.4 is 0 Å². The first-order valence-corrected chi connectivity index (χ1v) is 5.07. The largest absolute Gasteiger partial charge is 0.478 e. The molecular formula is C10H13BrO3. The number of aliphatic hydroxyl groups excluding tert-OH is 1. The van der Waals surface area contributed by atoms with E-state index in [4.69, 9.17) is 10.2 Å². The van der Waals surface area contributed by atoms with Crippen molar-refractivity contribution in [2.24, 2.45) is 0 Å². The highest BCUT2D eigenvalue weighted by atomic mass is 79.9. The SMILES string of the molecule is CC.O=C(O)c1ccc(Br)cc1CO. The van der Waals surface area contributed by atoms with Crippen molar-refractivity contribution >= 4 is 21.9 Å². The molecule has 0 spiro atoms. The molecule has 0 atom stereocenters. The number of benzene rings is 1. The van der Waals surface area contributed by atoms with Crippen molar-refractivity contribution < 1.29 is 15.0 Å². The molecule has 4 heteroatoms. The van der Waals surface area contributed by atoms with Crippen LogP contribution in [0.5, 0.6) is 0 Å². The second-order valence-corrected chi connectivity index (χ2v) is 3.18. The zero-order valence-corrected chi connectivity index (χ0v) is 9.71. The van der Waals surface area contributed by atoms with Gasteiger partial charge in [-0.05, 0) is 23.8 Å². The third-order valence-corrected chi connectivity index (χ3v) is 1.96. The predicted octanol–water partition coefficient (Wildman–Crippen LogP) is 2.67. The molecule has 0 aromatic heterocycles. The Morgan fingerprint density at radius 3 is 2.43 bits per heavy atom. The minimum absolute atomic E-state index is 0.140. The van der Waals surface area contributed by atoms with Gasteiger partial charge in [-0.3, -0.25) is 0 Å². The van der Waals surface area contributed by atoms with Gasteiger partial charge in [-0.2, -0.15) is 0 Å². The van der Waals surface area contributed by atoms with Crippen LogP contribution in [0.4, 0.5) is 0 Å². The minimum atomic E-state index is -1.02. The van der Waals surface area contributed by atoms with Crippen LogP contribution in [0, 0.1) is 0 Å². The van der Waals surface area contributed by atoms with Crippen LogP contribution in [0.25, 0.3) is 0 Å². The Balaban J connectivity index is 0.000000791. The van der Waals surface area contributed by atoms with E-state index in [1.165, 1.54) is 6.07 Å². The van der Waals surface area contributed by atoms with Gasteiger partial charge < -0.3 is 10.2 Å².